The van der Waals surface area contributed by atoms with Crippen molar-refractivity contribution in [3.63, 3.8) is 0 Å². The van der Waals surface area contributed by atoms with Crippen molar-refractivity contribution < 1.29 is 22.6 Å². The van der Waals surface area contributed by atoms with Gasteiger partial charge in [-0.1, -0.05) is 68.4 Å². The lowest BCUT2D eigenvalue weighted by molar-refractivity contribution is 0.0730. The predicted octanol–water partition coefficient (Wildman–Crippen LogP) is 7.06. The van der Waals surface area contributed by atoms with Crippen molar-refractivity contribution in [3.05, 3.63) is 113 Å². The largest absolute Gasteiger partial charge is 0.493 e. The molecule has 5 aromatic rings. The summed E-state index contributed by atoms with van der Waals surface area (Å²) in [4.78, 5) is 5.74. The second-order valence-corrected chi connectivity index (χ2v) is 14.4. The maximum atomic E-state index is 13.1. The number of nitrogens with zero attached hydrogens (tertiary/aromatic N) is 4. The number of morpholine rings is 1. The first-order valence-corrected chi connectivity index (χ1v) is 18.1. The van der Waals surface area contributed by atoms with Gasteiger partial charge in [0.15, 0.2) is 11.5 Å². The minimum absolute atomic E-state index is 0.231. The molecule has 0 aliphatic carbocycles. The van der Waals surface area contributed by atoms with Crippen molar-refractivity contribution in [2.45, 2.75) is 18.7 Å². The van der Waals surface area contributed by atoms with Crippen molar-refractivity contribution in [2.75, 3.05) is 40.0 Å². The molecule has 248 valence electrons. The highest BCUT2D eigenvalue weighted by Gasteiger charge is 2.26. The third-order valence-corrected chi connectivity index (χ3v) is 10.5. The molecule has 1 saturated heterocycles. The van der Waals surface area contributed by atoms with E-state index in [1.54, 1.807) is 42.3 Å². The number of hydrogen-bond acceptors (Lipinski definition) is 8. The minimum atomic E-state index is -3.61. The lowest BCUT2D eigenvalue weighted by Crippen LogP contribution is -2.40. The lowest BCUT2D eigenvalue weighted by Gasteiger charge is -2.26. The van der Waals surface area contributed by atoms with Crippen LogP contribution in [0.1, 0.15) is 19.4 Å². The van der Waals surface area contributed by atoms with Gasteiger partial charge in [-0.05, 0) is 65.1 Å². The summed E-state index contributed by atoms with van der Waals surface area (Å²) >= 11 is 1.45. The number of hydrogen-bond donors (Lipinski definition) is 0. The Balaban J connectivity index is 1.35. The third-order valence-electron chi connectivity index (χ3n) is 7.72. The van der Waals surface area contributed by atoms with E-state index >= 15 is 0 Å². The number of rotatable bonds is 11. The second kappa shape index (κ2) is 15.1. The topological polar surface area (TPSA) is 94.7 Å². The van der Waals surface area contributed by atoms with E-state index in [1.807, 2.05) is 41.8 Å². The number of aromatic nitrogens is 1. The van der Waals surface area contributed by atoms with E-state index in [0.717, 1.165) is 27.9 Å². The van der Waals surface area contributed by atoms with E-state index in [2.05, 4.69) is 50.2 Å². The van der Waals surface area contributed by atoms with Crippen molar-refractivity contribution in [1.29, 1.82) is 0 Å². The summed E-state index contributed by atoms with van der Waals surface area (Å²) in [6, 6.07) is 31.0. The SMILES string of the molecule is COc1cc(/C=N\n2c(-c3ccc(-c4ccccc4)cc3)csc2=Nc2ccc(S(=O)(=O)N3CCOCC3)cc2)ccc1OCC(C)C. The maximum Gasteiger partial charge on any atom is 0.243 e. The summed E-state index contributed by atoms with van der Waals surface area (Å²) < 4.78 is 46.4. The van der Waals surface area contributed by atoms with Gasteiger partial charge in [0.25, 0.3) is 0 Å². The summed E-state index contributed by atoms with van der Waals surface area (Å²) in [6.45, 7) is 6.27. The number of methoxy groups -OCH3 is 1. The van der Waals surface area contributed by atoms with Crippen LogP contribution in [0, 0.1) is 5.92 Å². The maximum absolute atomic E-state index is 13.1. The predicted molar refractivity (Wildman–Crippen MR) is 191 cm³/mol. The third kappa shape index (κ3) is 7.77. The lowest BCUT2D eigenvalue weighted by atomic mass is 10.0. The fourth-order valence-electron chi connectivity index (χ4n) is 5.15. The molecule has 0 unspecified atom stereocenters. The Hall–Kier alpha value is -4.55. The molecule has 0 atom stereocenters. The first kappa shape index (κ1) is 33.4. The van der Waals surface area contributed by atoms with Gasteiger partial charge < -0.3 is 14.2 Å². The average molecular weight is 683 g/mol. The van der Waals surface area contributed by atoms with Crippen LogP contribution in [0.2, 0.25) is 0 Å². The molecular formula is C37H38N4O5S2. The average Bonchev–Trinajstić information content (AvgIpc) is 3.52. The Bertz CT molecular complexity index is 2030. The van der Waals surface area contributed by atoms with Crippen LogP contribution in [-0.4, -0.2) is 63.6 Å². The molecule has 0 amide bonds. The van der Waals surface area contributed by atoms with E-state index in [9.17, 15) is 8.42 Å². The number of thiazole rings is 1. The molecule has 1 fully saturated rings. The van der Waals surface area contributed by atoms with Gasteiger partial charge in [0.2, 0.25) is 14.8 Å². The first-order valence-electron chi connectivity index (χ1n) is 15.8. The van der Waals surface area contributed by atoms with Gasteiger partial charge in [-0.15, -0.1) is 11.3 Å². The van der Waals surface area contributed by atoms with E-state index < -0.39 is 10.0 Å². The molecule has 2 heterocycles. The Morgan fingerprint density at radius 3 is 2.25 bits per heavy atom. The van der Waals surface area contributed by atoms with Gasteiger partial charge in [-0.25, -0.2) is 18.1 Å². The van der Waals surface area contributed by atoms with Gasteiger partial charge in [0.05, 0.1) is 49.4 Å². The molecular weight excluding hydrogens is 645 g/mol. The molecule has 0 spiro atoms. The number of ether oxygens (including phenoxy) is 3. The molecule has 11 heteroatoms. The number of sulfonamides is 1. The van der Waals surface area contributed by atoms with E-state index in [-0.39, 0.29) is 4.90 Å². The van der Waals surface area contributed by atoms with Gasteiger partial charge in [-0.2, -0.15) is 9.41 Å². The van der Waals surface area contributed by atoms with Gasteiger partial charge in [-0.3, -0.25) is 0 Å². The van der Waals surface area contributed by atoms with Gasteiger partial charge in [0, 0.05) is 24.0 Å². The molecule has 1 aromatic heterocycles. The van der Waals surface area contributed by atoms with E-state index in [4.69, 9.17) is 24.3 Å². The van der Waals surface area contributed by atoms with Crippen LogP contribution >= 0.6 is 11.3 Å². The van der Waals surface area contributed by atoms with Gasteiger partial charge >= 0.3 is 0 Å². The molecule has 48 heavy (non-hydrogen) atoms. The fraction of sp³-hybridized carbons (Fsp3) is 0.243. The molecule has 0 N–H and O–H groups in total. The van der Waals surface area contributed by atoms with E-state index in [0.29, 0.717) is 60.8 Å². The monoisotopic (exact) mass is 682 g/mol. The molecule has 9 nitrogen and oxygen atoms in total. The first-order chi connectivity index (χ1) is 23.3. The second-order valence-electron chi connectivity index (χ2n) is 11.6. The van der Waals surface area contributed by atoms with Crippen LogP contribution in [0.25, 0.3) is 22.4 Å². The molecule has 6 rings (SSSR count). The highest BCUT2D eigenvalue weighted by molar-refractivity contribution is 7.89. The van der Waals surface area contributed by atoms with Crippen LogP contribution in [-0.2, 0) is 14.8 Å². The Morgan fingerprint density at radius 1 is 0.875 bits per heavy atom. The highest BCUT2D eigenvalue weighted by Crippen LogP contribution is 2.29. The summed E-state index contributed by atoms with van der Waals surface area (Å²) in [5, 5.41) is 6.91. The Labute approximate surface area is 285 Å². The van der Waals surface area contributed by atoms with Crippen molar-refractivity contribution in [2.24, 2.45) is 16.0 Å². The highest BCUT2D eigenvalue weighted by atomic mass is 32.2. The van der Waals surface area contributed by atoms with Crippen LogP contribution in [0.5, 0.6) is 11.5 Å². The molecule has 0 saturated carbocycles. The van der Waals surface area contributed by atoms with Crippen molar-refractivity contribution >= 4 is 33.3 Å². The standard InChI is InChI=1S/C37H38N4O5S2/c1-27(2)25-46-35-18-9-28(23-36(35)44-3)24-38-41-34(31-12-10-30(11-13-31)29-7-5-4-6-8-29)26-47-37(41)39-32-14-16-33(17-15-32)48(42,43)40-19-21-45-22-20-40/h4-18,23-24,26-27H,19-22,25H2,1-3H3/b38-24-,39-37?. The Kier molecular flexibility index (Phi) is 10.5. The smallest absolute Gasteiger partial charge is 0.243 e. The van der Waals surface area contributed by atoms with Crippen molar-refractivity contribution in [3.8, 4) is 33.9 Å². The summed E-state index contributed by atoms with van der Waals surface area (Å²) in [6.07, 6.45) is 1.76. The number of benzene rings is 4. The molecule has 0 radical (unpaired) electrons. The molecule has 4 aromatic carbocycles. The summed E-state index contributed by atoms with van der Waals surface area (Å²) in [7, 11) is -1.98. The van der Waals surface area contributed by atoms with Crippen molar-refractivity contribution in [1.82, 2.24) is 8.98 Å². The molecule has 1 aliphatic rings. The van der Waals surface area contributed by atoms with Crippen LogP contribution < -0.4 is 14.3 Å². The zero-order valence-electron chi connectivity index (χ0n) is 27.2. The zero-order chi connectivity index (χ0) is 33.5. The molecule has 0 bridgehead atoms. The summed E-state index contributed by atoms with van der Waals surface area (Å²) in [5.41, 5.74) is 5.55. The Morgan fingerprint density at radius 2 is 1.56 bits per heavy atom. The minimum Gasteiger partial charge on any atom is -0.493 e. The molecule has 1 aliphatic heterocycles. The quantitative estimate of drug-likeness (QED) is 0.139. The zero-order valence-corrected chi connectivity index (χ0v) is 28.8. The van der Waals surface area contributed by atoms with Crippen LogP contribution in [0.15, 0.2) is 117 Å². The van der Waals surface area contributed by atoms with Gasteiger partial charge in [0.1, 0.15) is 0 Å². The fourth-order valence-corrected chi connectivity index (χ4v) is 7.42. The van der Waals surface area contributed by atoms with Crippen LogP contribution in [0.4, 0.5) is 5.69 Å². The summed E-state index contributed by atoms with van der Waals surface area (Å²) in [5.74, 6) is 1.70. The van der Waals surface area contributed by atoms with Crippen LogP contribution in [0.3, 0.4) is 0 Å². The van der Waals surface area contributed by atoms with E-state index in [1.165, 1.54) is 15.6 Å². The normalized spacial score (nSPS) is 14.5.